The van der Waals surface area contributed by atoms with E-state index in [0.29, 0.717) is 90.1 Å². The van der Waals surface area contributed by atoms with E-state index in [-0.39, 0.29) is 11.8 Å². The molecule has 1 aliphatic rings. The van der Waals surface area contributed by atoms with Crippen LogP contribution in [0.25, 0.3) is 0 Å². The quantitative estimate of drug-likeness (QED) is 0.0841. The summed E-state index contributed by atoms with van der Waals surface area (Å²) in [4.78, 5) is 67.9. The molecule has 48 heavy (non-hydrogen) atoms. The minimum Gasteiger partial charge on any atom is -0.344 e. The summed E-state index contributed by atoms with van der Waals surface area (Å²) in [6.07, 6.45) is 5.79. The first-order chi connectivity index (χ1) is 23.3. The van der Waals surface area contributed by atoms with Gasteiger partial charge in [-0.2, -0.15) is 0 Å². The number of likely N-dealkylation sites (N-methyl/N-ethyl adjacent to an activating group) is 1. The number of carbonyl (C=O) groups excluding carboxylic acids is 5. The molecule has 0 unspecified atom stereocenters. The topological polar surface area (TPSA) is 189 Å². The molecule has 1 saturated heterocycles. The van der Waals surface area contributed by atoms with E-state index in [2.05, 4.69) is 21.3 Å². The molecule has 1 heterocycles. The van der Waals surface area contributed by atoms with Crippen molar-refractivity contribution in [3.63, 3.8) is 0 Å². The van der Waals surface area contributed by atoms with E-state index in [1.165, 1.54) is 4.90 Å². The van der Waals surface area contributed by atoms with E-state index >= 15 is 0 Å². The van der Waals surface area contributed by atoms with Crippen LogP contribution in [0, 0.1) is 0 Å². The lowest BCUT2D eigenvalue weighted by Gasteiger charge is -2.31. The molecule has 262 valence electrons. The Morgan fingerprint density at radius 2 is 1.33 bits per heavy atom. The van der Waals surface area contributed by atoms with Crippen LogP contribution < -0.4 is 32.7 Å². The SMILES string of the molecule is CN[C@@H](Cc1ccccc1)C(=O)N[C@@H](CCCCN)C(=O)N1CCC[C@H]1C(=O)N[C@@H](CCCCN)C(=O)N[C@H](C=O)Cc1ccccc1. The van der Waals surface area contributed by atoms with Crippen molar-refractivity contribution in [3.05, 3.63) is 71.8 Å². The summed E-state index contributed by atoms with van der Waals surface area (Å²) < 4.78 is 0. The maximum Gasteiger partial charge on any atom is 0.245 e. The highest BCUT2D eigenvalue weighted by Gasteiger charge is 2.39. The number of nitrogens with two attached hydrogens (primary N) is 2. The minimum absolute atomic E-state index is 0.301. The van der Waals surface area contributed by atoms with Crippen LogP contribution in [-0.4, -0.2) is 91.7 Å². The molecule has 5 atom stereocenters. The predicted octanol–water partition coefficient (Wildman–Crippen LogP) is 0.962. The fourth-order valence-corrected chi connectivity index (χ4v) is 6.02. The largest absolute Gasteiger partial charge is 0.344 e. The number of aldehydes is 1. The van der Waals surface area contributed by atoms with Crippen LogP contribution in [0.5, 0.6) is 0 Å². The number of benzene rings is 2. The van der Waals surface area contributed by atoms with Gasteiger partial charge < -0.3 is 42.4 Å². The Hall–Kier alpha value is -4.13. The number of rotatable bonds is 21. The van der Waals surface area contributed by atoms with Gasteiger partial charge in [0, 0.05) is 6.54 Å². The first kappa shape index (κ1) is 38.3. The van der Waals surface area contributed by atoms with E-state index in [1.54, 1.807) is 7.05 Å². The first-order valence-electron chi connectivity index (χ1n) is 17.1. The second-order valence-corrected chi connectivity index (χ2v) is 12.4. The fraction of sp³-hybridized carbons (Fsp3) is 0.528. The number of hydrogen-bond donors (Lipinski definition) is 6. The molecular weight excluding hydrogens is 610 g/mol. The van der Waals surface area contributed by atoms with Crippen LogP contribution >= 0.6 is 0 Å². The number of nitrogens with one attached hydrogen (secondary N) is 4. The van der Waals surface area contributed by atoms with Gasteiger partial charge in [-0.05, 0) is 95.5 Å². The fourth-order valence-electron chi connectivity index (χ4n) is 6.02. The molecular formula is C36H53N7O5. The normalized spacial score (nSPS) is 16.7. The summed E-state index contributed by atoms with van der Waals surface area (Å²) in [6, 6.07) is 15.1. The van der Waals surface area contributed by atoms with Crippen LogP contribution in [0.15, 0.2) is 60.7 Å². The van der Waals surface area contributed by atoms with Gasteiger partial charge in [-0.15, -0.1) is 0 Å². The number of nitrogens with zero attached hydrogens (tertiary/aromatic N) is 1. The Kier molecular flexibility index (Phi) is 16.7. The van der Waals surface area contributed by atoms with Crippen LogP contribution in [0.1, 0.15) is 62.5 Å². The predicted molar refractivity (Wildman–Crippen MR) is 186 cm³/mol. The zero-order valence-electron chi connectivity index (χ0n) is 28.1. The van der Waals surface area contributed by atoms with Crippen molar-refractivity contribution < 1.29 is 24.0 Å². The molecule has 0 radical (unpaired) electrons. The van der Waals surface area contributed by atoms with E-state index in [0.717, 1.165) is 11.1 Å². The maximum absolute atomic E-state index is 14.0. The Balaban J connectivity index is 1.71. The number of carbonyl (C=O) groups is 5. The van der Waals surface area contributed by atoms with E-state index in [9.17, 15) is 24.0 Å². The smallest absolute Gasteiger partial charge is 0.245 e. The summed E-state index contributed by atoms with van der Waals surface area (Å²) in [5, 5.41) is 11.6. The monoisotopic (exact) mass is 663 g/mol. The third kappa shape index (κ3) is 12.1. The Bertz CT molecular complexity index is 1300. The summed E-state index contributed by atoms with van der Waals surface area (Å²) >= 11 is 0. The molecule has 1 aliphatic heterocycles. The Labute approximate surface area is 284 Å². The molecule has 8 N–H and O–H groups in total. The van der Waals surface area contributed by atoms with Crippen molar-refractivity contribution in [2.24, 2.45) is 11.5 Å². The van der Waals surface area contributed by atoms with Gasteiger partial charge in [0.25, 0.3) is 0 Å². The third-order valence-corrected chi connectivity index (χ3v) is 8.72. The number of hydrogen-bond acceptors (Lipinski definition) is 8. The van der Waals surface area contributed by atoms with Crippen LogP contribution in [0.2, 0.25) is 0 Å². The van der Waals surface area contributed by atoms with E-state index in [1.807, 2.05) is 60.7 Å². The van der Waals surface area contributed by atoms with Crippen LogP contribution in [0.3, 0.4) is 0 Å². The Morgan fingerprint density at radius 3 is 1.90 bits per heavy atom. The number of amides is 4. The van der Waals surface area contributed by atoms with Gasteiger partial charge in [0.2, 0.25) is 23.6 Å². The van der Waals surface area contributed by atoms with Gasteiger partial charge in [0.15, 0.2) is 0 Å². The first-order valence-corrected chi connectivity index (χ1v) is 17.1. The number of likely N-dealkylation sites (tertiary alicyclic amines) is 1. The summed E-state index contributed by atoms with van der Waals surface area (Å²) in [6.45, 7) is 1.25. The standard InChI is InChI=1S/C36H53N7O5/c1-39-31(24-27-15-6-3-7-16-27)34(46)42-30(18-9-11-21-38)36(48)43-22-12-19-32(43)35(47)41-29(17-8-10-20-37)33(45)40-28(25-44)23-26-13-4-2-5-14-26/h2-7,13-16,25,28-32,39H,8-12,17-24,37-38H2,1H3,(H,40,45)(H,41,47)(H,42,46)/t28-,29-,30-,31-,32-/m0/s1. The second kappa shape index (κ2) is 21.0. The van der Waals surface area contributed by atoms with Gasteiger partial charge >= 0.3 is 0 Å². The zero-order valence-corrected chi connectivity index (χ0v) is 28.1. The van der Waals surface area contributed by atoms with Crippen LogP contribution in [-0.2, 0) is 36.8 Å². The summed E-state index contributed by atoms with van der Waals surface area (Å²) in [5.74, 6) is -1.54. The molecule has 0 spiro atoms. The lowest BCUT2D eigenvalue weighted by atomic mass is 10.0. The highest BCUT2D eigenvalue weighted by atomic mass is 16.2. The molecule has 3 rings (SSSR count). The van der Waals surface area contributed by atoms with Crippen LogP contribution in [0.4, 0.5) is 0 Å². The molecule has 0 saturated carbocycles. The van der Waals surface area contributed by atoms with Crippen molar-refractivity contribution in [1.29, 1.82) is 0 Å². The van der Waals surface area contributed by atoms with Gasteiger partial charge in [-0.1, -0.05) is 60.7 Å². The van der Waals surface area contributed by atoms with Crippen molar-refractivity contribution in [2.75, 3.05) is 26.7 Å². The van der Waals surface area contributed by atoms with Gasteiger partial charge in [0.1, 0.15) is 24.4 Å². The summed E-state index contributed by atoms with van der Waals surface area (Å²) in [7, 11) is 1.71. The lowest BCUT2D eigenvalue weighted by molar-refractivity contribution is -0.142. The number of unbranched alkanes of at least 4 members (excludes halogenated alkanes) is 2. The van der Waals surface area contributed by atoms with Crippen molar-refractivity contribution >= 4 is 29.9 Å². The van der Waals surface area contributed by atoms with Crippen molar-refractivity contribution in [3.8, 4) is 0 Å². The molecule has 0 aromatic heterocycles. The zero-order chi connectivity index (χ0) is 34.7. The molecule has 12 heteroatoms. The lowest BCUT2D eigenvalue weighted by Crippen LogP contribution is -2.58. The molecule has 2 aromatic carbocycles. The maximum atomic E-state index is 14.0. The highest BCUT2D eigenvalue weighted by Crippen LogP contribution is 2.21. The molecule has 0 aliphatic carbocycles. The van der Waals surface area contributed by atoms with E-state index in [4.69, 9.17) is 11.5 Å². The second-order valence-electron chi connectivity index (χ2n) is 12.4. The minimum atomic E-state index is -0.908. The molecule has 1 fully saturated rings. The van der Waals surface area contributed by atoms with Crippen molar-refractivity contribution in [2.45, 2.75) is 94.4 Å². The Morgan fingerprint density at radius 1 is 0.771 bits per heavy atom. The summed E-state index contributed by atoms with van der Waals surface area (Å²) in [5.41, 5.74) is 13.3. The average Bonchev–Trinajstić information content (AvgIpc) is 3.60. The highest BCUT2D eigenvalue weighted by molar-refractivity contribution is 5.95. The van der Waals surface area contributed by atoms with E-state index < -0.39 is 42.0 Å². The molecule has 2 aromatic rings. The molecule has 4 amide bonds. The average molecular weight is 664 g/mol. The van der Waals surface area contributed by atoms with Gasteiger partial charge in [-0.3, -0.25) is 19.2 Å². The van der Waals surface area contributed by atoms with Gasteiger partial charge in [0.05, 0.1) is 12.1 Å². The van der Waals surface area contributed by atoms with Crippen molar-refractivity contribution in [1.82, 2.24) is 26.2 Å². The molecule has 0 bridgehead atoms. The van der Waals surface area contributed by atoms with Gasteiger partial charge in [-0.25, -0.2) is 0 Å². The molecule has 12 nitrogen and oxygen atoms in total. The third-order valence-electron chi connectivity index (χ3n) is 8.72.